The quantitative estimate of drug-likeness (QED) is 0.553. The molecular formula is C13H18O3S. The molecule has 0 aliphatic rings. The second kappa shape index (κ2) is 7.22. The molecule has 17 heavy (non-hydrogen) atoms. The Bertz CT molecular complexity index is 377. The number of benzene rings is 1. The minimum absolute atomic E-state index is 0.0252. The Hall–Kier alpha value is -1.16. The highest BCUT2D eigenvalue weighted by Crippen LogP contribution is 2.28. The molecule has 0 bridgehead atoms. The Morgan fingerprint density at radius 2 is 2.12 bits per heavy atom. The molecule has 0 aromatic heterocycles. The molecule has 0 aliphatic carbocycles. The van der Waals surface area contributed by atoms with Crippen LogP contribution in [0, 0.1) is 0 Å². The van der Waals surface area contributed by atoms with Crippen LogP contribution in [0.3, 0.4) is 0 Å². The zero-order chi connectivity index (χ0) is 12.7. The van der Waals surface area contributed by atoms with Crippen molar-refractivity contribution in [2.75, 3.05) is 25.7 Å². The van der Waals surface area contributed by atoms with Crippen molar-refractivity contribution >= 4 is 17.5 Å². The van der Waals surface area contributed by atoms with Gasteiger partial charge in [0.05, 0.1) is 13.7 Å². The van der Waals surface area contributed by atoms with E-state index in [0.29, 0.717) is 23.7 Å². The van der Waals surface area contributed by atoms with Crippen LogP contribution in [0.15, 0.2) is 18.2 Å². The Kier molecular flexibility index (Phi) is 5.91. The van der Waals surface area contributed by atoms with E-state index in [1.54, 1.807) is 37.1 Å². The van der Waals surface area contributed by atoms with Crippen LogP contribution in [0.2, 0.25) is 0 Å². The molecule has 0 saturated heterocycles. The van der Waals surface area contributed by atoms with Gasteiger partial charge < -0.3 is 9.47 Å². The van der Waals surface area contributed by atoms with Gasteiger partial charge in [0, 0.05) is 5.56 Å². The largest absolute Gasteiger partial charge is 0.493 e. The molecule has 1 rings (SSSR count). The van der Waals surface area contributed by atoms with Gasteiger partial charge in [-0.25, -0.2) is 0 Å². The molecule has 0 saturated carbocycles. The summed E-state index contributed by atoms with van der Waals surface area (Å²) in [4.78, 5) is 11.2. The fraction of sp³-hybridized carbons (Fsp3) is 0.462. The van der Waals surface area contributed by atoms with Gasteiger partial charge in [-0.05, 0) is 43.6 Å². The summed E-state index contributed by atoms with van der Waals surface area (Å²) in [7, 11) is 1.58. The Labute approximate surface area is 106 Å². The third kappa shape index (κ3) is 4.30. The molecule has 0 atom stereocenters. The third-order valence-electron chi connectivity index (χ3n) is 2.32. The van der Waals surface area contributed by atoms with E-state index in [1.807, 2.05) is 0 Å². The number of rotatable bonds is 7. The molecule has 0 unspecified atom stereocenters. The fourth-order valence-electron chi connectivity index (χ4n) is 1.39. The summed E-state index contributed by atoms with van der Waals surface area (Å²) in [5.41, 5.74) is 0.637. The SMILES string of the molecule is COc1cc(C(C)=O)ccc1OCCCSC. The second-order valence-corrected chi connectivity index (χ2v) is 4.60. The third-order valence-corrected chi connectivity index (χ3v) is 3.02. The van der Waals surface area contributed by atoms with Gasteiger partial charge in [0.25, 0.3) is 0 Å². The van der Waals surface area contributed by atoms with Gasteiger partial charge >= 0.3 is 0 Å². The van der Waals surface area contributed by atoms with E-state index >= 15 is 0 Å². The molecule has 0 fully saturated rings. The second-order valence-electron chi connectivity index (χ2n) is 3.62. The van der Waals surface area contributed by atoms with E-state index in [-0.39, 0.29) is 5.78 Å². The van der Waals surface area contributed by atoms with E-state index in [4.69, 9.17) is 9.47 Å². The minimum Gasteiger partial charge on any atom is -0.493 e. The number of Topliss-reactive ketones (excluding diaryl/α,β-unsaturated/α-hetero) is 1. The van der Waals surface area contributed by atoms with Crippen molar-refractivity contribution in [2.45, 2.75) is 13.3 Å². The molecule has 0 radical (unpaired) electrons. The molecule has 1 aromatic carbocycles. The van der Waals surface area contributed by atoms with E-state index in [1.165, 1.54) is 6.92 Å². The maximum atomic E-state index is 11.2. The first-order chi connectivity index (χ1) is 8.19. The molecule has 0 spiro atoms. The van der Waals surface area contributed by atoms with Crippen molar-refractivity contribution in [1.29, 1.82) is 0 Å². The summed E-state index contributed by atoms with van der Waals surface area (Å²) in [5, 5.41) is 0. The predicted molar refractivity (Wildman–Crippen MR) is 71.5 cm³/mol. The van der Waals surface area contributed by atoms with Crippen molar-refractivity contribution < 1.29 is 14.3 Å². The van der Waals surface area contributed by atoms with Crippen LogP contribution in [0.1, 0.15) is 23.7 Å². The van der Waals surface area contributed by atoms with Crippen LogP contribution >= 0.6 is 11.8 Å². The lowest BCUT2D eigenvalue weighted by molar-refractivity contribution is 0.101. The average molecular weight is 254 g/mol. The van der Waals surface area contributed by atoms with Crippen LogP contribution in [-0.4, -0.2) is 31.5 Å². The van der Waals surface area contributed by atoms with Crippen LogP contribution in [0.25, 0.3) is 0 Å². The number of ether oxygens (including phenoxy) is 2. The summed E-state index contributed by atoms with van der Waals surface area (Å²) < 4.78 is 10.8. The molecule has 0 N–H and O–H groups in total. The fourth-order valence-corrected chi connectivity index (χ4v) is 1.80. The van der Waals surface area contributed by atoms with Gasteiger partial charge in [0.1, 0.15) is 0 Å². The lowest BCUT2D eigenvalue weighted by Crippen LogP contribution is -2.01. The molecule has 3 nitrogen and oxygen atoms in total. The lowest BCUT2D eigenvalue weighted by atomic mass is 10.1. The van der Waals surface area contributed by atoms with E-state index < -0.39 is 0 Å². The van der Waals surface area contributed by atoms with Gasteiger partial charge in [0.2, 0.25) is 0 Å². The van der Waals surface area contributed by atoms with Crippen LogP contribution in [0.4, 0.5) is 0 Å². The molecule has 0 aliphatic heterocycles. The highest BCUT2D eigenvalue weighted by Gasteiger charge is 2.07. The number of hydrogen-bond acceptors (Lipinski definition) is 4. The maximum absolute atomic E-state index is 11.2. The van der Waals surface area contributed by atoms with Crippen molar-refractivity contribution in [3.05, 3.63) is 23.8 Å². The molecule has 4 heteroatoms. The summed E-state index contributed by atoms with van der Waals surface area (Å²) in [6.45, 7) is 2.20. The van der Waals surface area contributed by atoms with Gasteiger partial charge in [-0.2, -0.15) is 11.8 Å². The van der Waals surface area contributed by atoms with Crippen LogP contribution in [0.5, 0.6) is 11.5 Å². The molecule has 0 amide bonds. The zero-order valence-electron chi connectivity index (χ0n) is 10.5. The van der Waals surface area contributed by atoms with Crippen LogP contribution < -0.4 is 9.47 Å². The Morgan fingerprint density at radius 3 is 2.71 bits per heavy atom. The number of carbonyl (C=O) groups excluding carboxylic acids is 1. The van der Waals surface area contributed by atoms with Crippen molar-refractivity contribution in [2.24, 2.45) is 0 Å². The number of methoxy groups -OCH3 is 1. The topological polar surface area (TPSA) is 35.5 Å². The van der Waals surface area contributed by atoms with Gasteiger partial charge in [-0.15, -0.1) is 0 Å². The number of ketones is 1. The summed E-state index contributed by atoms with van der Waals surface area (Å²) in [6, 6.07) is 5.26. The smallest absolute Gasteiger partial charge is 0.161 e. The first-order valence-electron chi connectivity index (χ1n) is 5.49. The first kappa shape index (κ1) is 13.9. The predicted octanol–water partition coefficient (Wildman–Crippen LogP) is 3.03. The summed E-state index contributed by atoms with van der Waals surface area (Å²) in [5.74, 6) is 2.41. The molecule has 1 aromatic rings. The van der Waals surface area contributed by atoms with Crippen LogP contribution in [-0.2, 0) is 0 Å². The summed E-state index contributed by atoms with van der Waals surface area (Å²) in [6.07, 6.45) is 3.07. The van der Waals surface area contributed by atoms with Gasteiger partial charge in [0.15, 0.2) is 17.3 Å². The average Bonchev–Trinajstić information content (AvgIpc) is 2.34. The van der Waals surface area contributed by atoms with E-state index in [0.717, 1.165) is 12.2 Å². The normalized spacial score (nSPS) is 10.1. The lowest BCUT2D eigenvalue weighted by Gasteiger charge is -2.11. The Morgan fingerprint density at radius 1 is 1.35 bits per heavy atom. The number of carbonyl (C=O) groups is 1. The number of hydrogen-bond donors (Lipinski definition) is 0. The summed E-state index contributed by atoms with van der Waals surface area (Å²) >= 11 is 1.80. The van der Waals surface area contributed by atoms with Crippen molar-refractivity contribution in [1.82, 2.24) is 0 Å². The minimum atomic E-state index is 0.0252. The molecule has 94 valence electrons. The van der Waals surface area contributed by atoms with Gasteiger partial charge in [-0.3, -0.25) is 4.79 Å². The highest BCUT2D eigenvalue weighted by atomic mass is 32.2. The Balaban J connectivity index is 2.68. The highest BCUT2D eigenvalue weighted by molar-refractivity contribution is 7.98. The maximum Gasteiger partial charge on any atom is 0.161 e. The van der Waals surface area contributed by atoms with Gasteiger partial charge in [-0.1, -0.05) is 0 Å². The molecular weight excluding hydrogens is 236 g/mol. The van der Waals surface area contributed by atoms with E-state index in [9.17, 15) is 4.79 Å². The van der Waals surface area contributed by atoms with Crippen molar-refractivity contribution in [3.63, 3.8) is 0 Å². The standard InChI is InChI=1S/C13H18O3S/c1-10(14)11-5-6-12(13(9-11)15-2)16-7-4-8-17-3/h5-6,9H,4,7-8H2,1-3H3. The van der Waals surface area contributed by atoms with E-state index in [2.05, 4.69) is 6.26 Å². The monoisotopic (exact) mass is 254 g/mol. The number of thioether (sulfide) groups is 1. The molecule has 0 heterocycles. The first-order valence-corrected chi connectivity index (χ1v) is 6.89. The zero-order valence-corrected chi connectivity index (χ0v) is 11.3. The van der Waals surface area contributed by atoms with Crippen molar-refractivity contribution in [3.8, 4) is 11.5 Å².